The van der Waals surface area contributed by atoms with Gasteiger partial charge < -0.3 is 10.6 Å². The van der Waals surface area contributed by atoms with Gasteiger partial charge in [-0.1, -0.05) is 42.5 Å². The minimum Gasteiger partial charge on any atom is -0.399 e. The van der Waals surface area contributed by atoms with Crippen LogP contribution in [0.4, 0.5) is 5.69 Å². The third kappa shape index (κ3) is 3.85. The quantitative estimate of drug-likeness (QED) is 0.848. The van der Waals surface area contributed by atoms with Crippen molar-refractivity contribution in [3.63, 3.8) is 0 Å². The van der Waals surface area contributed by atoms with Gasteiger partial charge in [-0.15, -0.1) is 0 Å². The molecule has 2 rings (SSSR count). The zero-order chi connectivity index (χ0) is 14.4. The Balaban J connectivity index is 2.00. The largest absolute Gasteiger partial charge is 0.399 e. The summed E-state index contributed by atoms with van der Waals surface area (Å²) in [4.78, 5) is 14.2. The number of likely N-dealkylation sites (N-methyl/N-ethyl adjacent to an activating group) is 1. The highest BCUT2D eigenvalue weighted by Crippen LogP contribution is 2.10. The van der Waals surface area contributed by atoms with Gasteiger partial charge in [0, 0.05) is 18.8 Å². The summed E-state index contributed by atoms with van der Waals surface area (Å²) < 4.78 is 0. The van der Waals surface area contributed by atoms with Crippen molar-refractivity contribution in [3.8, 4) is 0 Å². The summed E-state index contributed by atoms with van der Waals surface area (Å²) in [5, 5.41) is 0. The van der Waals surface area contributed by atoms with Crippen LogP contribution in [0.1, 0.15) is 18.1 Å². The van der Waals surface area contributed by atoms with Gasteiger partial charge in [0.05, 0.1) is 6.42 Å². The number of nitrogens with zero attached hydrogens (tertiary/aromatic N) is 1. The lowest BCUT2D eigenvalue weighted by atomic mass is 10.1. The van der Waals surface area contributed by atoms with E-state index in [-0.39, 0.29) is 5.91 Å². The maximum atomic E-state index is 12.3. The SMILES string of the molecule is CCN(Cc1ccccc1)C(=O)Cc1ccc(N)cc1. The van der Waals surface area contributed by atoms with E-state index < -0.39 is 0 Å². The predicted octanol–water partition coefficient (Wildman–Crippen LogP) is 2.86. The average molecular weight is 268 g/mol. The molecule has 0 bridgehead atoms. The molecule has 3 nitrogen and oxygen atoms in total. The summed E-state index contributed by atoms with van der Waals surface area (Å²) >= 11 is 0. The molecule has 2 aromatic carbocycles. The highest BCUT2D eigenvalue weighted by Gasteiger charge is 2.12. The van der Waals surface area contributed by atoms with Crippen LogP contribution in [0.2, 0.25) is 0 Å². The van der Waals surface area contributed by atoms with Gasteiger partial charge in [-0.05, 0) is 30.2 Å². The van der Waals surface area contributed by atoms with Crippen molar-refractivity contribution in [1.29, 1.82) is 0 Å². The smallest absolute Gasteiger partial charge is 0.227 e. The van der Waals surface area contributed by atoms with E-state index >= 15 is 0 Å². The first-order chi connectivity index (χ1) is 9.69. The number of carbonyl (C=O) groups is 1. The van der Waals surface area contributed by atoms with Crippen LogP contribution in [0.5, 0.6) is 0 Å². The molecule has 0 aromatic heterocycles. The van der Waals surface area contributed by atoms with Crippen LogP contribution in [0.15, 0.2) is 54.6 Å². The molecule has 0 aliphatic rings. The molecule has 0 aliphatic heterocycles. The van der Waals surface area contributed by atoms with E-state index in [4.69, 9.17) is 5.73 Å². The second-order valence-corrected chi connectivity index (χ2v) is 4.81. The molecule has 2 aromatic rings. The fourth-order valence-electron chi connectivity index (χ4n) is 2.10. The van der Waals surface area contributed by atoms with Crippen LogP contribution in [0.3, 0.4) is 0 Å². The first-order valence-corrected chi connectivity index (χ1v) is 6.85. The molecule has 3 heteroatoms. The summed E-state index contributed by atoms with van der Waals surface area (Å²) in [7, 11) is 0. The summed E-state index contributed by atoms with van der Waals surface area (Å²) in [6.07, 6.45) is 0.418. The van der Waals surface area contributed by atoms with Crippen molar-refractivity contribution in [2.75, 3.05) is 12.3 Å². The Morgan fingerprint density at radius 2 is 1.65 bits per heavy atom. The van der Waals surface area contributed by atoms with Crippen molar-refractivity contribution in [2.24, 2.45) is 0 Å². The van der Waals surface area contributed by atoms with Gasteiger partial charge in [0.15, 0.2) is 0 Å². The number of carbonyl (C=O) groups excluding carboxylic acids is 1. The van der Waals surface area contributed by atoms with Gasteiger partial charge >= 0.3 is 0 Å². The first kappa shape index (κ1) is 14.1. The molecule has 104 valence electrons. The van der Waals surface area contributed by atoms with Gasteiger partial charge in [-0.3, -0.25) is 4.79 Å². The van der Waals surface area contributed by atoms with E-state index in [9.17, 15) is 4.79 Å². The number of amides is 1. The van der Waals surface area contributed by atoms with Crippen molar-refractivity contribution in [3.05, 3.63) is 65.7 Å². The molecule has 0 saturated carbocycles. The van der Waals surface area contributed by atoms with Crippen LogP contribution >= 0.6 is 0 Å². The van der Waals surface area contributed by atoms with Gasteiger partial charge in [-0.25, -0.2) is 0 Å². The van der Waals surface area contributed by atoms with Crippen LogP contribution < -0.4 is 5.73 Å². The van der Waals surface area contributed by atoms with Crippen LogP contribution in [-0.4, -0.2) is 17.4 Å². The zero-order valence-corrected chi connectivity index (χ0v) is 11.8. The topological polar surface area (TPSA) is 46.3 Å². The minimum absolute atomic E-state index is 0.140. The van der Waals surface area contributed by atoms with Crippen molar-refractivity contribution in [2.45, 2.75) is 19.9 Å². The Labute approximate surface area is 120 Å². The van der Waals surface area contributed by atoms with E-state index in [1.807, 2.05) is 66.4 Å². The molecule has 0 saturated heterocycles. The standard InChI is InChI=1S/C17H20N2O/c1-2-19(13-15-6-4-3-5-7-15)17(20)12-14-8-10-16(18)11-9-14/h3-11H,2,12-13,18H2,1H3. The van der Waals surface area contributed by atoms with E-state index in [1.165, 1.54) is 0 Å². The summed E-state index contributed by atoms with van der Waals surface area (Å²) in [6, 6.07) is 17.5. The van der Waals surface area contributed by atoms with Gasteiger partial charge in [-0.2, -0.15) is 0 Å². The van der Waals surface area contributed by atoms with Crippen LogP contribution in [0.25, 0.3) is 0 Å². The van der Waals surface area contributed by atoms with E-state index in [2.05, 4.69) is 0 Å². The molecule has 0 radical (unpaired) electrons. The molecular formula is C17H20N2O. The summed E-state index contributed by atoms with van der Waals surface area (Å²) in [6.45, 7) is 3.37. The Hall–Kier alpha value is -2.29. The molecule has 0 fully saturated rings. The van der Waals surface area contributed by atoms with Crippen molar-refractivity contribution >= 4 is 11.6 Å². The number of anilines is 1. The van der Waals surface area contributed by atoms with Gasteiger partial charge in [0.25, 0.3) is 0 Å². The van der Waals surface area contributed by atoms with E-state index in [0.29, 0.717) is 19.5 Å². The molecule has 1 amide bonds. The first-order valence-electron chi connectivity index (χ1n) is 6.85. The zero-order valence-electron chi connectivity index (χ0n) is 11.8. The van der Waals surface area contributed by atoms with Gasteiger partial charge in [0.2, 0.25) is 5.91 Å². The second-order valence-electron chi connectivity index (χ2n) is 4.81. The lowest BCUT2D eigenvalue weighted by Gasteiger charge is -2.21. The lowest BCUT2D eigenvalue weighted by Crippen LogP contribution is -2.31. The van der Waals surface area contributed by atoms with E-state index in [0.717, 1.165) is 16.8 Å². The number of nitrogen functional groups attached to an aromatic ring is 1. The molecule has 20 heavy (non-hydrogen) atoms. The predicted molar refractivity (Wildman–Crippen MR) is 82.1 cm³/mol. The maximum Gasteiger partial charge on any atom is 0.227 e. The highest BCUT2D eigenvalue weighted by molar-refractivity contribution is 5.78. The molecule has 0 unspecified atom stereocenters. The van der Waals surface area contributed by atoms with Crippen LogP contribution in [-0.2, 0) is 17.8 Å². The lowest BCUT2D eigenvalue weighted by molar-refractivity contribution is -0.130. The number of rotatable bonds is 5. The maximum absolute atomic E-state index is 12.3. The molecular weight excluding hydrogens is 248 g/mol. The monoisotopic (exact) mass is 268 g/mol. The number of hydrogen-bond acceptors (Lipinski definition) is 2. The molecule has 2 N–H and O–H groups in total. The normalized spacial score (nSPS) is 10.2. The fraction of sp³-hybridized carbons (Fsp3) is 0.235. The van der Waals surface area contributed by atoms with Crippen molar-refractivity contribution < 1.29 is 4.79 Å². The minimum atomic E-state index is 0.140. The Morgan fingerprint density at radius 1 is 1.00 bits per heavy atom. The highest BCUT2D eigenvalue weighted by atomic mass is 16.2. The molecule has 0 heterocycles. The number of nitrogens with two attached hydrogens (primary N) is 1. The third-order valence-electron chi connectivity index (χ3n) is 3.29. The van der Waals surface area contributed by atoms with Gasteiger partial charge in [0.1, 0.15) is 0 Å². The van der Waals surface area contributed by atoms with E-state index in [1.54, 1.807) is 0 Å². The Morgan fingerprint density at radius 3 is 2.25 bits per heavy atom. The summed E-state index contributed by atoms with van der Waals surface area (Å²) in [5.74, 6) is 0.140. The molecule has 0 aliphatic carbocycles. The Bertz CT molecular complexity index is 549. The number of hydrogen-bond donors (Lipinski definition) is 1. The average Bonchev–Trinajstić information content (AvgIpc) is 2.48. The summed E-state index contributed by atoms with van der Waals surface area (Å²) in [5.41, 5.74) is 8.52. The fourth-order valence-corrected chi connectivity index (χ4v) is 2.10. The van der Waals surface area contributed by atoms with Crippen molar-refractivity contribution in [1.82, 2.24) is 4.90 Å². The molecule has 0 spiro atoms. The number of benzene rings is 2. The third-order valence-corrected chi connectivity index (χ3v) is 3.29. The Kier molecular flexibility index (Phi) is 4.77. The molecule has 0 atom stereocenters. The van der Waals surface area contributed by atoms with Crippen LogP contribution in [0, 0.1) is 0 Å². The second kappa shape index (κ2) is 6.75.